The van der Waals surface area contributed by atoms with Crippen molar-refractivity contribution in [1.29, 1.82) is 0 Å². The third-order valence-corrected chi connectivity index (χ3v) is 5.20. The molecule has 0 spiro atoms. The normalized spacial score (nSPS) is 12.1. The first kappa shape index (κ1) is 28.9. The van der Waals surface area contributed by atoms with Gasteiger partial charge in [0.1, 0.15) is 0 Å². The Bertz CT molecular complexity index is 402. The lowest BCUT2D eigenvalue weighted by Gasteiger charge is -2.32. The Balaban J connectivity index is 0. The lowest BCUT2D eigenvalue weighted by molar-refractivity contribution is -0.0266. The Kier molecular flexibility index (Phi) is 19.0. The van der Waals surface area contributed by atoms with Gasteiger partial charge < -0.3 is 20.7 Å². The van der Waals surface area contributed by atoms with Crippen molar-refractivity contribution in [2.75, 3.05) is 40.1 Å². The molecule has 4 N–H and O–H groups in total. The summed E-state index contributed by atoms with van der Waals surface area (Å²) in [7, 11) is -3.07. The predicted octanol–water partition coefficient (Wildman–Crippen LogP) is 3.37. The maximum atomic E-state index is 11.8. The maximum Gasteiger partial charge on any atom is 0.400 e. The van der Waals surface area contributed by atoms with Gasteiger partial charge in [0.25, 0.3) is 0 Å². The van der Waals surface area contributed by atoms with E-state index in [1.807, 2.05) is 0 Å². The monoisotopic (exact) mass is 415 g/mol. The minimum absolute atomic E-state index is 0. The molecule has 0 bridgehead atoms. The Hall–Kier alpha value is -0.290. The zero-order valence-corrected chi connectivity index (χ0v) is 18.2. The molecule has 0 rings (SSSR count). The zero-order chi connectivity index (χ0) is 19.7. The average Bonchev–Trinajstić information content (AvgIpc) is 2.61. The number of ether oxygens (including phenoxy) is 2. The van der Waals surface area contributed by atoms with Gasteiger partial charge >= 0.3 is 10.4 Å². The predicted molar refractivity (Wildman–Crippen MR) is 106 cm³/mol. The summed E-state index contributed by atoms with van der Waals surface area (Å²) >= 11 is 0. The summed E-state index contributed by atoms with van der Waals surface area (Å²) in [5.74, 6) is 0. The number of unbranched alkanes of at least 4 members (excludes halogenated alkanes) is 4. The third kappa shape index (κ3) is 15.3. The summed E-state index contributed by atoms with van der Waals surface area (Å²) in [6, 6.07) is 0. The second-order valence-electron chi connectivity index (χ2n) is 6.45. The van der Waals surface area contributed by atoms with Crippen LogP contribution in [0.2, 0.25) is 0 Å². The molecule has 0 aromatic rings. The Morgan fingerprint density at radius 3 is 1.67 bits per heavy atom. The van der Waals surface area contributed by atoms with Crippen molar-refractivity contribution in [3.63, 3.8) is 0 Å². The second-order valence-corrected chi connectivity index (χ2v) is 7.77. The molecule has 0 aliphatic carbocycles. The first-order valence-corrected chi connectivity index (χ1v) is 11.1. The topological polar surface area (TPSA) is 126 Å². The van der Waals surface area contributed by atoms with E-state index in [0.29, 0.717) is 39.3 Å². The Morgan fingerprint density at radius 2 is 1.30 bits per heavy atom. The van der Waals surface area contributed by atoms with E-state index in [1.54, 1.807) is 0 Å². The van der Waals surface area contributed by atoms with Gasteiger partial charge in [-0.05, 0) is 12.8 Å². The van der Waals surface area contributed by atoms with Crippen molar-refractivity contribution in [3.8, 4) is 0 Å². The molecule has 27 heavy (non-hydrogen) atoms. The molecule has 0 unspecified atom stereocenters. The van der Waals surface area contributed by atoms with Crippen LogP contribution in [-0.2, 0) is 28.2 Å². The van der Waals surface area contributed by atoms with Crippen LogP contribution in [0.15, 0.2) is 0 Å². The minimum atomic E-state index is -4.12. The third-order valence-electron chi connectivity index (χ3n) is 4.24. The number of rotatable bonds is 19. The maximum absolute atomic E-state index is 11.8. The summed E-state index contributed by atoms with van der Waals surface area (Å²) < 4.78 is 44.6. The van der Waals surface area contributed by atoms with Crippen LogP contribution < -0.4 is 6.15 Å². The minimum Gasteiger partial charge on any atom is -0.396 e. The highest BCUT2D eigenvalue weighted by Gasteiger charge is 2.36. The standard InChI is InChI=1S/C18H38O7S.H3N/c1-4-6-8-14-23-16-11-18(10-13-19,25-26(20,21)22-3)12-17-24-15-9-7-5-2;/h19H,4-17H2,1-3H3;1H3. The van der Waals surface area contributed by atoms with E-state index in [4.69, 9.17) is 13.7 Å². The van der Waals surface area contributed by atoms with Crippen LogP contribution in [0, 0.1) is 0 Å². The number of aliphatic hydroxyl groups is 1. The molecule has 8 nitrogen and oxygen atoms in total. The number of aliphatic hydroxyl groups excluding tert-OH is 1. The molecule has 0 amide bonds. The average molecular weight is 416 g/mol. The van der Waals surface area contributed by atoms with Gasteiger partial charge in [0, 0.05) is 52.3 Å². The SMILES string of the molecule is CCCCCOCCC(CCO)(CCOCCCCC)OS(=O)(=O)OC.N. The molecule has 0 saturated heterocycles. The Labute approximate surface area is 165 Å². The van der Waals surface area contributed by atoms with Crippen molar-refractivity contribution in [3.05, 3.63) is 0 Å². The van der Waals surface area contributed by atoms with E-state index in [2.05, 4.69) is 18.0 Å². The molecule has 0 radical (unpaired) electrons. The lowest BCUT2D eigenvalue weighted by atomic mass is 9.93. The van der Waals surface area contributed by atoms with Gasteiger partial charge in [-0.15, -0.1) is 0 Å². The molecule has 0 fully saturated rings. The van der Waals surface area contributed by atoms with Gasteiger partial charge in [-0.3, -0.25) is 4.18 Å². The van der Waals surface area contributed by atoms with Crippen molar-refractivity contribution < 1.29 is 31.4 Å². The quantitative estimate of drug-likeness (QED) is 0.307. The summed E-state index contributed by atoms with van der Waals surface area (Å²) in [4.78, 5) is 0. The van der Waals surface area contributed by atoms with Crippen molar-refractivity contribution >= 4 is 10.4 Å². The first-order chi connectivity index (χ1) is 12.4. The molecule has 0 aliphatic rings. The largest absolute Gasteiger partial charge is 0.400 e. The highest BCUT2D eigenvalue weighted by Crippen LogP contribution is 2.28. The van der Waals surface area contributed by atoms with E-state index < -0.39 is 16.0 Å². The van der Waals surface area contributed by atoms with E-state index in [-0.39, 0.29) is 19.2 Å². The van der Waals surface area contributed by atoms with Gasteiger partial charge in [-0.2, -0.15) is 8.42 Å². The fraction of sp³-hybridized carbons (Fsp3) is 1.00. The molecule has 0 atom stereocenters. The fourth-order valence-electron chi connectivity index (χ4n) is 2.58. The van der Waals surface area contributed by atoms with Crippen LogP contribution in [0.5, 0.6) is 0 Å². The summed E-state index contributed by atoms with van der Waals surface area (Å²) in [5.41, 5.74) is -1.08. The van der Waals surface area contributed by atoms with E-state index >= 15 is 0 Å². The van der Waals surface area contributed by atoms with E-state index in [9.17, 15) is 13.5 Å². The Morgan fingerprint density at radius 1 is 0.815 bits per heavy atom. The smallest absolute Gasteiger partial charge is 0.396 e. The molecular weight excluding hydrogens is 374 g/mol. The van der Waals surface area contributed by atoms with Gasteiger partial charge in [-0.25, -0.2) is 4.18 Å². The summed E-state index contributed by atoms with van der Waals surface area (Å²) in [6.45, 7) is 6.04. The molecule has 9 heteroatoms. The van der Waals surface area contributed by atoms with E-state index in [0.717, 1.165) is 45.6 Å². The van der Waals surface area contributed by atoms with Gasteiger partial charge in [0.05, 0.1) is 12.7 Å². The second kappa shape index (κ2) is 17.8. The van der Waals surface area contributed by atoms with E-state index in [1.165, 1.54) is 0 Å². The molecular formula is C18H41NO7S. The van der Waals surface area contributed by atoms with Crippen LogP contribution in [0.3, 0.4) is 0 Å². The van der Waals surface area contributed by atoms with Crippen LogP contribution >= 0.6 is 0 Å². The molecule has 0 saturated carbocycles. The van der Waals surface area contributed by atoms with Crippen LogP contribution in [0.25, 0.3) is 0 Å². The number of hydrogen-bond donors (Lipinski definition) is 2. The van der Waals surface area contributed by atoms with Gasteiger partial charge in [-0.1, -0.05) is 39.5 Å². The van der Waals surface area contributed by atoms with Gasteiger partial charge in [0.15, 0.2) is 0 Å². The highest BCUT2D eigenvalue weighted by atomic mass is 32.3. The molecule has 0 heterocycles. The molecule has 0 aromatic heterocycles. The van der Waals surface area contributed by atoms with Crippen LogP contribution in [0.4, 0.5) is 0 Å². The first-order valence-electron chi connectivity index (χ1n) is 9.72. The summed E-state index contributed by atoms with van der Waals surface area (Å²) in [5, 5.41) is 9.42. The van der Waals surface area contributed by atoms with Crippen LogP contribution in [0.1, 0.15) is 71.6 Å². The molecule has 0 aromatic carbocycles. The van der Waals surface area contributed by atoms with Gasteiger partial charge in [0.2, 0.25) is 0 Å². The number of hydrogen-bond acceptors (Lipinski definition) is 8. The fourth-order valence-corrected chi connectivity index (χ4v) is 3.33. The highest BCUT2D eigenvalue weighted by molar-refractivity contribution is 7.81. The van der Waals surface area contributed by atoms with Crippen molar-refractivity contribution in [2.45, 2.75) is 77.2 Å². The van der Waals surface area contributed by atoms with Crippen LogP contribution in [-0.4, -0.2) is 59.3 Å². The zero-order valence-electron chi connectivity index (χ0n) is 17.4. The van der Waals surface area contributed by atoms with Crippen molar-refractivity contribution in [2.24, 2.45) is 0 Å². The molecule has 166 valence electrons. The molecule has 0 aliphatic heterocycles. The van der Waals surface area contributed by atoms with Crippen molar-refractivity contribution in [1.82, 2.24) is 6.15 Å². The lowest BCUT2D eigenvalue weighted by Crippen LogP contribution is -2.39. The summed E-state index contributed by atoms with van der Waals surface area (Å²) in [6.07, 6.45) is 7.24.